The predicted molar refractivity (Wildman–Crippen MR) is 113 cm³/mol. The van der Waals surface area contributed by atoms with E-state index < -0.39 is 0 Å². The molecule has 0 radical (unpaired) electrons. The summed E-state index contributed by atoms with van der Waals surface area (Å²) in [6.07, 6.45) is 3.52. The van der Waals surface area contributed by atoms with Crippen molar-refractivity contribution in [2.24, 2.45) is 11.8 Å². The second-order valence-electron chi connectivity index (χ2n) is 7.84. The van der Waals surface area contributed by atoms with Crippen LogP contribution in [-0.4, -0.2) is 40.1 Å². The van der Waals surface area contributed by atoms with Gasteiger partial charge in [0.05, 0.1) is 18.4 Å². The summed E-state index contributed by atoms with van der Waals surface area (Å²) in [6.45, 7) is 1.82. The fourth-order valence-corrected chi connectivity index (χ4v) is 4.83. The first-order valence-corrected chi connectivity index (χ1v) is 11.2. The zero-order valence-corrected chi connectivity index (χ0v) is 18.0. The first kappa shape index (κ1) is 21.2. The van der Waals surface area contributed by atoms with Crippen LogP contribution < -0.4 is 10.6 Å². The summed E-state index contributed by atoms with van der Waals surface area (Å²) >= 11 is 1.26. The average Bonchev–Trinajstić information content (AvgIpc) is 3.45. The summed E-state index contributed by atoms with van der Waals surface area (Å²) in [7, 11) is 0. The minimum Gasteiger partial charge on any atom is -0.458 e. The van der Waals surface area contributed by atoms with E-state index in [9.17, 15) is 19.2 Å². The minimum atomic E-state index is -0.304. The molecule has 10 heteroatoms. The van der Waals surface area contributed by atoms with E-state index in [2.05, 4.69) is 15.6 Å². The molecule has 2 N–H and O–H groups in total. The lowest BCUT2D eigenvalue weighted by Gasteiger charge is -2.19. The van der Waals surface area contributed by atoms with Crippen LogP contribution in [0.15, 0.2) is 21.9 Å². The molecule has 4 amide bonds. The lowest BCUT2D eigenvalue weighted by atomic mass is 9.81. The van der Waals surface area contributed by atoms with Crippen molar-refractivity contribution in [3.63, 3.8) is 0 Å². The lowest BCUT2D eigenvalue weighted by molar-refractivity contribution is -0.140. The molecule has 0 bridgehead atoms. The molecular weight excluding hydrogens is 420 g/mol. The molecule has 2 unspecified atom stereocenters. The van der Waals surface area contributed by atoms with Crippen LogP contribution in [-0.2, 0) is 25.7 Å². The number of thiazole rings is 1. The first-order valence-electron chi connectivity index (χ1n) is 10.4. The Balaban J connectivity index is 1.30. The number of hydrogen-bond acceptors (Lipinski definition) is 7. The average molecular weight is 445 g/mol. The molecule has 4 rings (SSSR count). The molecule has 1 aliphatic heterocycles. The van der Waals surface area contributed by atoms with Gasteiger partial charge in [-0.15, -0.1) is 11.3 Å². The normalized spacial score (nSPS) is 20.6. The van der Waals surface area contributed by atoms with Crippen molar-refractivity contribution in [1.82, 2.24) is 15.2 Å². The van der Waals surface area contributed by atoms with E-state index in [0.29, 0.717) is 28.9 Å². The number of furan rings is 1. The van der Waals surface area contributed by atoms with E-state index >= 15 is 0 Å². The van der Waals surface area contributed by atoms with Gasteiger partial charge in [0.1, 0.15) is 11.5 Å². The molecule has 2 aromatic rings. The van der Waals surface area contributed by atoms with Gasteiger partial charge in [0, 0.05) is 25.3 Å². The number of nitrogens with zero attached hydrogens (tertiary/aromatic N) is 2. The molecule has 1 saturated heterocycles. The second-order valence-corrected chi connectivity index (χ2v) is 8.70. The van der Waals surface area contributed by atoms with Gasteiger partial charge >= 0.3 is 0 Å². The van der Waals surface area contributed by atoms with E-state index in [0.717, 1.165) is 25.7 Å². The third-order valence-electron chi connectivity index (χ3n) is 5.67. The number of aromatic nitrogens is 1. The van der Waals surface area contributed by atoms with Crippen molar-refractivity contribution in [2.75, 3.05) is 11.9 Å². The summed E-state index contributed by atoms with van der Waals surface area (Å²) in [4.78, 5) is 53.9. The van der Waals surface area contributed by atoms with Crippen molar-refractivity contribution in [2.45, 2.75) is 45.6 Å². The Morgan fingerprint density at radius 1 is 1.19 bits per heavy atom. The molecule has 0 aromatic carbocycles. The van der Waals surface area contributed by atoms with Crippen molar-refractivity contribution in [1.29, 1.82) is 0 Å². The molecule has 1 saturated carbocycles. The Morgan fingerprint density at radius 3 is 2.58 bits per heavy atom. The van der Waals surface area contributed by atoms with Gasteiger partial charge in [-0.3, -0.25) is 24.1 Å². The monoisotopic (exact) mass is 444 g/mol. The predicted octanol–water partition coefficient (Wildman–Crippen LogP) is 2.54. The van der Waals surface area contributed by atoms with E-state index in [1.54, 1.807) is 17.5 Å². The molecule has 1 aliphatic carbocycles. The Labute approximate surface area is 183 Å². The Hall–Kier alpha value is -3.01. The fourth-order valence-electron chi connectivity index (χ4n) is 4.11. The van der Waals surface area contributed by atoms with Crippen LogP contribution in [0.2, 0.25) is 0 Å². The number of nitrogens with one attached hydrogen (secondary N) is 2. The van der Waals surface area contributed by atoms with E-state index in [-0.39, 0.29) is 48.4 Å². The molecule has 2 fully saturated rings. The zero-order chi connectivity index (χ0) is 22.0. The highest BCUT2D eigenvalue weighted by Crippen LogP contribution is 2.38. The molecule has 2 atom stereocenters. The highest BCUT2D eigenvalue weighted by molar-refractivity contribution is 7.14. The maximum atomic E-state index is 12.5. The number of fused-ring (bicyclic) bond motifs is 1. The van der Waals surface area contributed by atoms with E-state index in [1.807, 2.05) is 0 Å². The van der Waals surface area contributed by atoms with Crippen molar-refractivity contribution >= 4 is 40.1 Å². The van der Waals surface area contributed by atoms with E-state index in [4.69, 9.17) is 4.42 Å². The summed E-state index contributed by atoms with van der Waals surface area (Å²) in [5, 5.41) is 7.54. The van der Waals surface area contributed by atoms with Gasteiger partial charge in [-0.2, -0.15) is 0 Å². The molecule has 2 aromatic heterocycles. The summed E-state index contributed by atoms with van der Waals surface area (Å²) in [5.74, 6) is 0.0234. The fraction of sp³-hybridized carbons (Fsp3) is 0.476. The standard InChI is InChI=1S/C21H24N4O5S/c1-12(26)22-10-13-6-7-17(30-13)16-11-31-21(23-16)24-18(27)8-9-25-19(28)14-4-2-3-5-15(14)20(25)29/h6-7,11,14-15H,2-5,8-10H2,1H3,(H,22,26)(H,23,24,27). The van der Waals surface area contributed by atoms with Crippen LogP contribution in [0.3, 0.4) is 0 Å². The highest BCUT2D eigenvalue weighted by Gasteiger charge is 2.47. The second kappa shape index (κ2) is 9.01. The quantitative estimate of drug-likeness (QED) is 0.633. The van der Waals surface area contributed by atoms with Crippen LogP contribution in [0.25, 0.3) is 11.5 Å². The van der Waals surface area contributed by atoms with Crippen LogP contribution >= 0.6 is 11.3 Å². The number of carbonyl (C=O) groups excluding carboxylic acids is 4. The maximum absolute atomic E-state index is 12.5. The number of carbonyl (C=O) groups is 4. The number of imide groups is 1. The lowest BCUT2D eigenvalue weighted by Crippen LogP contribution is -2.34. The minimum absolute atomic E-state index is 0.0352. The molecule has 0 spiro atoms. The largest absolute Gasteiger partial charge is 0.458 e. The highest BCUT2D eigenvalue weighted by atomic mass is 32.1. The smallest absolute Gasteiger partial charge is 0.233 e. The number of amides is 4. The Bertz CT molecular complexity index is 989. The van der Waals surface area contributed by atoms with Gasteiger partial charge in [0.25, 0.3) is 0 Å². The summed E-state index contributed by atoms with van der Waals surface area (Å²) < 4.78 is 5.66. The van der Waals surface area contributed by atoms with Gasteiger partial charge in [-0.1, -0.05) is 12.8 Å². The van der Waals surface area contributed by atoms with Gasteiger partial charge in [0.15, 0.2) is 10.9 Å². The van der Waals surface area contributed by atoms with Gasteiger partial charge in [-0.05, 0) is 25.0 Å². The molecular formula is C21H24N4O5S. The van der Waals surface area contributed by atoms with Crippen molar-refractivity contribution in [3.05, 3.63) is 23.3 Å². The Morgan fingerprint density at radius 2 is 1.90 bits per heavy atom. The first-order chi connectivity index (χ1) is 14.9. The molecule has 3 heterocycles. The summed E-state index contributed by atoms with van der Waals surface area (Å²) in [5.41, 5.74) is 0.573. The van der Waals surface area contributed by atoms with E-state index in [1.165, 1.54) is 23.2 Å². The molecule has 164 valence electrons. The van der Waals surface area contributed by atoms with Crippen LogP contribution in [0, 0.1) is 11.8 Å². The summed E-state index contributed by atoms with van der Waals surface area (Å²) in [6, 6.07) is 3.51. The Kier molecular flexibility index (Phi) is 6.17. The molecule has 2 aliphatic rings. The van der Waals surface area contributed by atoms with Crippen LogP contribution in [0.1, 0.15) is 44.8 Å². The van der Waals surface area contributed by atoms with Crippen molar-refractivity contribution < 1.29 is 23.6 Å². The van der Waals surface area contributed by atoms with Crippen molar-refractivity contribution in [3.8, 4) is 11.5 Å². The molecule has 31 heavy (non-hydrogen) atoms. The zero-order valence-electron chi connectivity index (χ0n) is 17.2. The number of hydrogen-bond donors (Lipinski definition) is 2. The SMILES string of the molecule is CC(=O)NCc1ccc(-c2csc(NC(=O)CCN3C(=O)C4CCCCC4C3=O)n2)o1. The molecule has 9 nitrogen and oxygen atoms in total. The van der Waals surface area contributed by atoms with Crippen LogP contribution in [0.4, 0.5) is 5.13 Å². The van der Waals surface area contributed by atoms with Gasteiger partial charge in [-0.25, -0.2) is 4.98 Å². The number of rotatable bonds is 7. The van der Waals surface area contributed by atoms with Gasteiger partial charge < -0.3 is 15.1 Å². The van der Waals surface area contributed by atoms with Crippen LogP contribution in [0.5, 0.6) is 0 Å². The van der Waals surface area contributed by atoms with Gasteiger partial charge in [0.2, 0.25) is 23.6 Å². The maximum Gasteiger partial charge on any atom is 0.233 e. The third kappa shape index (κ3) is 4.68. The number of anilines is 1. The topological polar surface area (TPSA) is 122 Å². The third-order valence-corrected chi connectivity index (χ3v) is 6.43. The number of likely N-dealkylation sites (tertiary alicyclic amines) is 1.